The first-order valence-electron chi connectivity index (χ1n) is 6.11. The molecule has 0 spiro atoms. The van der Waals surface area contributed by atoms with Crippen LogP contribution in [0.4, 0.5) is 0 Å². The molecule has 0 aliphatic carbocycles. The molecule has 0 saturated heterocycles. The zero-order valence-electron chi connectivity index (χ0n) is 11.1. The largest absolute Gasteiger partial charge is 0.480 e. The van der Waals surface area contributed by atoms with Crippen molar-refractivity contribution in [1.29, 1.82) is 0 Å². The number of carboxylic acid groups (broad SMARTS) is 1. The van der Waals surface area contributed by atoms with E-state index < -0.39 is 11.5 Å². The summed E-state index contributed by atoms with van der Waals surface area (Å²) < 4.78 is 10.7. The number of hydrogen-bond donors (Lipinski definition) is 2. The Morgan fingerprint density at radius 2 is 2.12 bits per heavy atom. The number of nitrogens with two attached hydrogens (primary N) is 1. The van der Waals surface area contributed by atoms with Gasteiger partial charge in [-0.25, -0.2) is 0 Å². The van der Waals surface area contributed by atoms with Gasteiger partial charge in [-0.05, 0) is 40.0 Å². The summed E-state index contributed by atoms with van der Waals surface area (Å²) in [6, 6.07) is 0. The zero-order valence-corrected chi connectivity index (χ0v) is 11.1. The topological polar surface area (TPSA) is 81.8 Å². The number of rotatable bonds is 10. The van der Waals surface area contributed by atoms with Crippen LogP contribution in [0.5, 0.6) is 0 Å². The van der Waals surface area contributed by atoms with Crippen LogP contribution in [-0.2, 0) is 14.3 Å². The lowest BCUT2D eigenvalue weighted by atomic mass is 9.97. The third-order valence-corrected chi connectivity index (χ3v) is 2.54. The first-order valence-corrected chi connectivity index (χ1v) is 6.11. The van der Waals surface area contributed by atoms with E-state index in [0.717, 1.165) is 12.8 Å². The highest BCUT2D eigenvalue weighted by Gasteiger charge is 2.26. The van der Waals surface area contributed by atoms with Gasteiger partial charge in [-0.2, -0.15) is 0 Å². The molecule has 0 fully saturated rings. The molecule has 5 nitrogen and oxygen atoms in total. The molecular weight excluding hydrogens is 222 g/mol. The highest BCUT2D eigenvalue weighted by molar-refractivity contribution is 5.77. The Morgan fingerprint density at radius 3 is 2.65 bits per heavy atom. The third kappa shape index (κ3) is 8.12. The number of aliphatic carboxylic acids is 1. The van der Waals surface area contributed by atoms with Gasteiger partial charge in [0.2, 0.25) is 0 Å². The average molecular weight is 247 g/mol. The SMILES string of the molecule is CCOCC(C)OCCCCC(C)(N)C(=O)O. The highest BCUT2D eigenvalue weighted by atomic mass is 16.5. The molecule has 0 aromatic carbocycles. The average Bonchev–Trinajstić information content (AvgIpc) is 2.25. The predicted octanol–water partition coefficient (Wildman–Crippen LogP) is 1.40. The molecule has 0 rings (SSSR count). The van der Waals surface area contributed by atoms with Gasteiger partial charge in [0.25, 0.3) is 0 Å². The van der Waals surface area contributed by atoms with Crippen LogP contribution in [0.2, 0.25) is 0 Å². The van der Waals surface area contributed by atoms with E-state index in [-0.39, 0.29) is 6.10 Å². The second kappa shape index (κ2) is 8.44. The second-order valence-electron chi connectivity index (χ2n) is 4.52. The van der Waals surface area contributed by atoms with E-state index in [1.54, 1.807) is 0 Å². The van der Waals surface area contributed by atoms with E-state index in [9.17, 15) is 4.79 Å². The minimum atomic E-state index is -1.13. The Balaban J connectivity index is 3.49. The lowest BCUT2D eigenvalue weighted by molar-refractivity contribution is -0.143. The van der Waals surface area contributed by atoms with Crippen LogP contribution in [0.1, 0.15) is 40.0 Å². The summed E-state index contributed by atoms with van der Waals surface area (Å²) in [6.45, 7) is 7.34. The van der Waals surface area contributed by atoms with Crippen molar-refractivity contribution in [3.63, 3.8) is 0 Å². The number of unbranched alkanes of at least 4 members (excludes halogenated alkanes) is 1. The molecule has 0 saturated carbocycles. The van der Waals surface area contributed by atoms with Gasteiger partial charge in [0.05, 0.1) is 12.7 Å². The quantitative estimate of drug-likeness (QED) is 0.570. The maximum absolute atomic E-state index is 10.7. The summed E-state index contributed by atoms with van der Waals surface area (Å²) >= 11 is 0. The van der Waals surface area contributed by atoms with E-state index in [1.807, 2.05) is 13.8 Å². The molecule has 0 aromatic heterocycles. The van der Waals surface area contributed by atoms with Crippen LogP contribution in [0, 0.1) is 0 Å². The van der Waals surface area contributed by atoms with Gasteiger partial charge >= 0.3 is 5.97 Å². The molecule has 5 heteroatoms. The van der Waals surface area contributed by atoms with Crippen molar-refractivity contribution in [2.24, 2.45) is 5.73 Å². The van der Waals surface area contributed by atoms with Crippen LogP contribution < -0.4 is 5.73 Å². The second-order valence-corrected chi connectivity index (χ2v) is 4.52. The molecule has 0 aromatic rings. The van der Waals surface area contributed by atoms with Gasteiger partial charge in [0.15, 0.2) is 0 Å². The summed E-state index contributed by atoms with van der Waals surface area (Å²) in [5.74, 6) is -0.955. The molecule has 0 heterocycles. The van der Waals surface area contributed by atoms with Gasteiger partial charge in [-0.1, -0.05) is 0 Å². The summed E-state index contributed by atoms with van der Waals surface area (Å²) in [5, 5.41) is 8.81. The number of carbonyl (C=O) groups is 1. The Hall–Kier alpha value is -0.650. The first kappa shape index (κ1) is 16.4. The first-order chi connectivity index (χ1) is 7.90. The number of carboxylic acids is 1. The minimum Gasteiger partial charge on any atom is -0.480 e. The van der Waals surface area contributed by atoms with E-state index in [2.05, 4.69) is 0 Å². The van der Waals surface area contributed by atoms with E-state index >= 15 is 0 Å². The predicted molar refractivity (Wildman–Crippen MR) is 66.0 cm³/mol. The van der Waals surface area contributed by atoms with Crippen LogP contribution in [0.15, 0.2) is 0 Å². The zero-order chi connectivity index (χ0) is 13.3. The van der Waals surface area contributed by atoms with Gasteiger partial charge in [-0.15, -0.1) is 0 Å². The van der Waals surface area contributed by atoms with Crippen molar-refractivity contribution < 1.29 is 19.4 Å². The Morgan fingerprint density at radius 1 is 1.47 bits per heavy atom. The molecule has 17 heavy (non-hydrogen) atoms. The van der Waals surface area contributed by atoms with Crippen molar-refractivity contribution in [2.75, 3.05) is 19.8 Å². The van der Waals surface area contributed by atoms with Crippen LogP contribution >= 0.6 is 0 Å². The van der Waals surface area contributed by atoms with Gasteiger partial charge in [0.1, 0.15) is 5.54 Å². The van der Waals surface area contributed by atoms with Gasteiger partial charge < -0.3 is 20.3 Å². The lowest BCUT2D eigenvalue weighted by Crippen LogP contribution is -2.44. The summed E-state index contributed by atoms with van der Waals surface area (Å²) in [5.41, 5.74) is 4.48. The van der Waals surface area contributed by atoms with Gasteiger partial charge in [0, 0.05) is 13.2 Å². The molecule has 0 aliphatic heterocycles. The maximum Gasteiger partial charge on any atom is 0.323 e. The molecular formula is C12H25NO4. The molecule has 0 aliphatic rings. The van der Waals surface area contributed by atoms with Crippen LogP contribution in [0.25, 0.3) is 0 Å². The van der Waals surface area contributed by atoms with Crippen LogP contribution in [-0.4, -0.2) is 42.5 Å². The summed E-state index contributed by atoms with van der Waals surface area (Å²) in [4.78, 5) is 10.7. The summed E-state index contributed by atoms with van der Waals surface area (Å²) in [7, 11) is 0. The van der Waals surface area contributed by atoms with Crippen molar-refractivity contribution in [3.05, 3.63) is 0 Å². The van der Waals surface area contributed by atoms with E-state index in [0.29, 0.717) is 26.2 Å². The fraction of sp³-hybridized carbons (Fsp3) is 0.917. The molecule has 2 atom stereocenters. The fourth-order valence-corrected chi connectivity index (χ4v) is 1.32. The van der Waals surface area contributed by atoms with E-state index in [1.165, 1.54) is 6.92 Å². The highest BCUT2D eigenvalue weighted by Crippen LogP contribution is 2.11. The molecule has 102 valence electrons. The normalized spacial score (nSPS) is 16.5. The van der Waals surface area contributed by atoms with Crippen molar-refractivity contribution in [3.8, 4) is 0 Å². The molecule has 0 bridgehead atoms. The van der Waals surface area contributed by atoms with E-state index in [4.69, 9.17) is 20.3 Å². The molecule has 0 amide bonds. The third-order valence-electron chi connectivity index (χ3n) is 2.54. The maximum atomic E-state index is 10.7. The number of ether oxygens (including phenoxy) is 2. The molecule has 0 radical (unpaired) electrons. The standard InChI is InChI=1S/C12H25NO4/c1-4-16-9-10(2)17-8-6-5-7-12(3,13)11(14)15/h10H,4-9,13H2,1-3H3,(H,14,15). The van der Waals surface area contributed by atoms with Crippen molar-refractivity contribution in [2.45, 2.75) is 51.7 Å². The molecule has 2 unspecified atom stereocenters. The monoisotopic (exact) mass is 247 g/mol. The Bertz CT molecular complexity index is 219. The lowest BCUT2D eigenvalue weighted by Gasteiger charge is -2.19. The summed E-state index contributed by atoms with van der Waals surface area (Å²) in [6.07, 6.45) is 2.11. The molecule has 3 N–H and O–H groups in total. The minimum absolute atomic E-state index is 0.0821. The number of hydrogen-bond acceptors (Lipinski definition) is 4. The van der Waals surface area contributed by atoms with Crippen molar-refractivity contribution in [1.82, 2.24) is 0 Å². The fourth-order valence-electron chi connectivity index (χ4n) is 1.32. The Labute approximate surface area is 103 Å². The van der Waals surface area contributed by atoms with Crippen LogP contribution in [0.3, 0.4) is 0 Å². The van der Waals surface area contributed by atoms with Gasteiger partial charge in [-0.3, -0.25) is 4.79 Å². The smallest absolute Gasteiger partial charge is 0.323 e. The Kier molecular flexibility index (Phi) is 8.12. The van der Waals surface area contributed by atoms with Crippen molar-refractivity contribution >= 4 is 5.97 Å².